The lowest BCUT2D eigenvalue weighted by Gasteiger charge is -2.53. The van der Waals surface area contributed by atoms with Gasteiger partial charge in [-0.25, -0.2) is 18.4 Å². The molecule has 1 aromatic rings. The number of hydrogen-bond acceptors (Lipinski definition) is 6. The minimum absolute atomic E-state index is 0.00346. The van der Waals surface area contributed by atoms with Gasteiger partial charge in [0.1, 0.15) is 0 Å². The van der Waals surface area contributed by atoms with Gasteiger partial charge in [-0.15, -0.1) is 0 Å². The molecule has 0 aromatic heterocycles. The number of nitrogens with two attached hydrogens (primary N) is 1. The lowest BCUT2D eigenvalue weighted by Crippen LogP contribution is -2.48. The van der Waals surface area contributed by atoms with Crippen molar-refractivity contribution < 1.29 is 27.9 Å². The van der Waals surface area contributed by atoms with E-state index >= 15 is 0 Å². The molecule has 0 spiro atoms. The normalized spacial score (nSPS) is 36.1. The van der Waals surface area contributed by atoms with Crippen molar-refractivity contribution in [2.75, 3.05) is 0 Å². The van der Waals surface area contributed by atoms with Crippen molar-refractivity contribution in [1.29, 1.82) is 0 Å². The van der Waals surface area contributed by atoms with Crippen molar-refractivity contribution in [1.82, 2.24) is 0 Å². The zero-order valence-corrected chi connectivity index (χ0v) is 19.6. The number of allylic oxidation sites excluding steroid dienone is 1. The Morgan fingerprint density at radius 2 is 1.91 bits per heavy atom. The molecule has 5 rings (SSSR count). The average Bonchev–Trinajstić information content (AvgIpc) is 3.09. The van der Waals surface area contributed by atoms with Crippen LogP contribution in [0.5, 0.6) is 0 Å². The maximum Gasteiger partial charge on any atom is 0.343 e. The van der Waals surface area contributed by atoms with Crippen LogP contribution in [0.25, 0.3) is 0 Å². The summed E-state index contributed by atoms with van der Waals surface area (Å²) in [6.07, 6.45) is 6.52. The van der Waals surface area contributed by atoms with E-state index in [1.165, 1.54) is 24.3 Å². The van der Waals surface area contributed by atoms with E-state index in [0.717, 1.165) is 50.5 Å². The van der Waals surface area contributed by atoms with Gasteiger partial charge in [0.15, 0.2) is 11.5 Å². The van der Waals surface area contributed by atoms with Crippen molar-refractivity contribution in [3.05, 3.63) is 41.2 Å². The monoisotopic (exact) mass is 473 g/mol. The van der Waals surface area contributed by atoms with Gasteiger partial charge in [-0.05, 0) is 97.8 Å². The Balaban J connectivity index is 1.41. The van der Waals surface area contributed by atoms with Crippen LogP contribution in [-0.2, 0) is 19.6 Å². The molecule has 0 aliphatic heterocycles. The highest BCUT2D eigenvalue weighted by Crippen LogP contribution is 2.62. The Kier molecular flexibility index (Phi) is 5.53. The van der Waals surface area contributed by atoms with E-state index in [9.17, 15) is 23.1 Å². The second kappa shape index (κ2) is 8.03. The second-order valence-corrected chi connectivity index (χ2v) is 12.1. The molecular weight excluding hydrogens is 442 g/mol. The summed E-state index contributed by atoms with van der Waals surface area (Å²) >= 11 is 0. The van der Waals surface area contributed by atoms with E-state index in [-0.39, 0.29) is 39.4 Å². The van der Waals surface area contributed by atoms with Crippen LogP contribution in [0.15, 0.2) is 40.5 Å². The first-order valence-electron chi connectivity index (χ1n) is 11.9. The number of aliphatic hydroxyl groups is 1. The van der Waals surface area contributed by atoms with E-state index in [1.54, 1.807) is 0 Å². The van der Waals surface area contributed by atoms with Gasteiger partial charge in [0.25, 0.3) is 0 Å². The van der Waals surface area contributed by atoms with Crippen LogP contribution < -0.4 is 5.14 Å². The third kappa shape index (κ3) is 3.76. The van der Waals surface area contributed by atoms with Crippen LogP contribution in [0.1, 0.15) is 68.6 Å². The standard InChI is InChI=1S/C25H31NO6S/c1-25-12-11-17-16-7-9-21(27)23(19(16)6-5-18(17)20(25)8-10-22(25)28)32-24(29)14-3-2-4-15(13-14)33(26,30)31/h2-4,13,16-18,20,22,28H,5-12H2,1H3,(H2,26,30,31)/t16-,17?,18?,20?,22+,25+/m1/s1. The maximum absolute atomic E-state index is 12.9. The molecule has 178 valence electrons. The highest BCUT2D eigenvalue weighted by atomic mass is 32.2. The Bertz CT molecular complexity index is 1140. The Hall–Kier alpha value is -2.03. The summed E-state index contributed by atoms with van der Waals surface area (Å²) < 4.78 is 28.9. The molecular formula is C25H31NO6S. The molecule has 4 aliphatic rings. The Morgan fingerprint density at radius 1 is 1.12 bits per heavy atom. The van der Waals surface area contributed by atoms with Crippen molar-refractivity contribution in [3.63, 3.8) is 0 Å². The van der Waals surface area contributed by atoms with Gasteiger partial charge in [-0.1, -0.05) is 13.0 Å². The summed E-state index contributed by atoms with van der Waals surface area (Å²) in [6, 6.07) is 5.38. The first-order valence-corrected chi connectivity index (χ1v) is 13.4. The zero-order chi connectivity index (χ0) is 23.5. The fraction of sp³-hybridized carbons (Fsp3) is 0.600. The number of sulfonamides is 1. The van der Waals surface area contributed by atoms with Crippen LogP contribution in [0.4, 0.5) is 0 Å². The molecule has 0 amide bonds. The average molecular weight is 474 g/mol. The number of ether oxygens (including phenoxy) is 1. The maximum atomic E-state index is 12.9. The molecule has 0 radical (unpaired) electrons. The van der Waals surface area contributed by atoms with Crippen molar-refractivity contribution >= 4 is 21.8 Å². The molecule has 1 aromatic carbocycles. The smallest absolute Gasteiger partial charge is 0.343 e. The zero-order valence-electron chi connectivity index (χ0n) is 18.8. The van der Waals surface area contributed by atoms with E-state index in [0.29, 0.717) is 24.2 Å². The summed E-state index contributed by atoms with van der Waals surface area (Å²) in [6.45, 7) is 2.24. The van der Waals surface area contributed by atoms with Gasteiger partial charge in [-0.3, -0.25) is 4.79 Å². The second-order valence-electron chi connectivity index (χ2n) is 10.5. The molecule has 0 heterocycles. The number of carbonyl (C=O) groups is 2. The van der Waals surface area contributed by atoms with Gasteiger partial charge in [0.2, 0.25) is 10.0 Å². The Morgan fingerprint density at radius 3 is 2.67 bits per heavy atom. The van der Waals surface area contributed by atoms with Crippen molar-refractivity contribution in [2.45, 2.75) is 69.3 Å². The van der Waals surface area contributed by atoms with Crippen LogP contribution in [0, 0.1) is 29.1 Å². The van der Waals surface area contributed by atoms with Crippen LogP contribution in [-0.4, -0.2) is 31.4 Å². The SMILES string of the molecule is C[C@]12CCC3C(CCC4=C(OC(=O)c5cccc(S(N)(=O)=O)c5)C(=O)CC[C@@H]43)C1CC[C@@H]2O. The van der Waals surface area contributed by atoms with Crippen LogP contribution in [0.2, 0.25) is 0 Å². The highest BCUT2D eigenvalue weighted by Gasteiger charge is 2.56. The first-order chi connectivity index (χ1) is 15.6. The van der Waals surface area contributed by atoms with Crippen molar-refractivity contribution in [3.8, 4) is 0 Å². The molecule has 3 unspecified atom stereocenters. The summed E-state index contributed by atoms with van der Waals surface area (Å²) in [5.41, 5.74) is 0.994. The number of fused-ring (bicyclic) bond motifs is 5. The minimum Gasteiger partial charge on any atom is -0.419 e. The largest absolute Gasteiger partial charge is 0.419 e. The predicted molar refractivity (Wildman–Crippen MR) is 120 cm³/mol. The van der Waals surface area contributed by atoms with Crippen LogP contribution >= 0.6 is 0 Å². The molecule has 8 heteroatoms. The number of Topliss-reactive ketones (excluding diaryl/α,β-unsaturated/α-hetero) is 1. The minimum atomic E-state index is -3.96. The first kappa shape index (κ1) is 22.7. The number of carbonyl (C=O) groups excluding carboxylic acids is 2. The molecule has 7 nitrogen and oxygen atoms in total. The molecule has 0 saturated heterocycles. The topological polar surface area (TPSA) is 124 Å². The molecule has 33 heavy (non-hydrogen) atoms. The van der Waals surface area contributed by atoms with E-state index in [1.807, 2.05) is 0 Å². The quantitative estimate of drug-likeness (QED) is 0.649. The molecule has 0 bridgehead atoms. The van der Waals surface area contributed by atoms with Crippen LogP contribution in [0.3, 0.4) is 0 Å². The number of ketones is 1. The van der Waals surface area contributed by atoms with Gasteiger partial charge < -0.3 is 9.84 Å². The lowest BCUT2D eigenvalue weighted by atomic mass is 9.52. The van der Waals surface area contributed by atoms with E-state index in [4.69, 9.17) is 9.88 Å². The molecule has 3 saturated carbocycles. The summed E-state index contributed by atoms with van der Waals surface area (Å²) in [5, 5.41) is 15.8. The number of hydrogen-bond donors (Lipinski definition) is 2. The van der Waals surface area contributed by atoms with Gasteiger partial charge in [-0.2, -0.15) is 0 Å². The summed E-state index contributed by atoms with van der Waals surface area (Å²) in [4.78, 5) is 25.5. The summed E-state index contributed by atoms with van der Waals surface area (Å²) in [7, 11) is -3.96. The molecule has 4 aliphatic carbocycles. The van der Waals surface area contributed by atoms with Crippen molar-refractivity contribution in [2.24, 2.45) is 34.2 Å². The summed E-state index contributed by atoms with van der Waals surface area (Å²) in [5.74, 6) is 0.980. The van der Waals surface area contributed by atoms with E-state index < -0.39 is 16.0 Å². The Labute approximate surface area is 194 Å². The third-order valence-corrected chi connectivity index (χ3v) is 9.89. The van der Waals surface area contributed by atoms with Gasteiger partial charge in [0, 0.05) is 6.42 Å². The fourth-order valence-corrected chi connectivity index (χ4v) is 7.85. The number of aliphatic hydroxyl groups excluding tert-OH is 1. The third-order valence-electron chi connectivity index (χ3n) is 8.97. The van der Waals surface area contributed by atoms with E-state index in [2.05, 4.69) is 6.92 Å². The highest BCUT2D eigenvalue weighted by molar-refractivity contribution is 7.89. The molecule has 6 atom stereocenters. The van der Waals surface area contributed by atoms with Gasteiger partial charge >= 0.3 is 5.97 Å². The number of rotatable bonds is 3. The number of benzene rings is 1. The molecule has 3 N–H and O–H groups in total. The van der Waals surface area contributed by atoms with Gasteiger partial charge in [0.05, 0.1) is 16.6 Å². The molecule has 3 fully saturated rings. The predicted octanol–water partition coefficient (Wildman–Crippen LogP) is 3.32. The lowest BCUT2D eigenvalue weighted by molar-refractivity contribution is -0.120. The number of esters is 1. The number of primary sulfonamides is 1. The fourth-order valence-electron chi connectivity index (χ4n) is 7.29.